The van der Waals surface area contributed by atoms with E-state index in [9.17, 15) is 0 Å². The molecule has 5 nitrogen and oxygen atoms in total. The largest absolute Gasteiger partial charge is 0.462 e. The van der Waals surface area contributed by atoms with E-state index in [0.29, 0.717) is 5.41 Å². The molecule has 1 saturated heterocycles. The fourth-order valence-corrected chi connectivity index (χ4v) is 6.48. The second-order valence-corrected chi connectivity index (χ2v) is 8.82. The number of hydrogen-bond acceptors (Lipinski definition) is 4. The average Bonchev–Trinajstić information content (AvgIpc) is 3.16. The van der Waals surface area contributed by atoms with E-state index in [1.165, 1.54) is 70.3 Å². The van der Waals surface area contributed by atoms with Gasteiger partial charge in [-0.25, -0.2) is 0 Å². The zero-order chi connectivity index (χ0) is 16.1. The number of hydrogen-bond donors (Lipinski definition) is 0. The van der Waals surface area contributed by atoms with Crippen molar-refractivity contribution in [1.82, 2.24) is 19.7 Å². The molecule has 1 aliphatic heterocycles. The Morgan fingerprint density at radius 2 is 1.79 bits per heavy atom. The lowest BCUT2D eigenvalue weighted by atomic mass is 9.75. The third-order valence-electron chi connectivity index (χ3n) is 7.36. The van der Waals surface area contributed by atoms with Gasteiger partial charge in [-0.15, -0.1) is 5.10 Å². The highest BCUT2D eigenvalue weighted by atomic mass is 16.5. The van der Waals surface area contributed by atoms with Crippen LogP contribution in [0.4, 0.5) is 0 Å². The molecule has 1 aromatic rings. The third kappa shape index (κ3) is 2.31. The lowest BCUT2D eigenvalue weighted by molar-refractivity contribution is 0.174. The summed E-state index contributed by atoms with van der Waals surface area (Å²) in [7, 11) is 2.11. The van der Waals surface area contributed by atoms with Crippen molar-refractivity contribution in [3.63, 3.8) is 0 Å². The monoisotopic (exact) mass is 330 g/mol. The molecule has 132 valence electrons. The van der Waals surface area contributed by atoms with Gasteiger partial charge in [0.1, 0.15) is 12.4 Å². The van der Waals surface area contributed by atoms with Crippen LogP contribution in [0.25, 0.3) is 0 Å². The molecule has 2 heterocycles. The first-order chi connectivity index (χ1) is 11.7. The number of nitrogens with zero attached hydrogens (tertiary/aromatic N) is 4. The predicted molar refractivity (Wildman–Crippen MR) is 92.0 cm³/mol. The molecule has 0 radical (unpaired) electrons. The summed E-state index contributed by atoms with van der Waals surface area (Å²) in [5.41, 5.74) is 0.323. The molecule has 0 N–H and O–H groups in total. The van der Waals surface area contributed by atoms with Gasteiger partial charge in [-0.2, -0.15) is 0 Å². The molecule has 0 spiro atoms. The molecular weight excluding hydrogens is 300 g/mol. The van der Waals surface area contributed by atoms with Crippen molar-refractivity contribution in [3.8, 4) is 6.01 Å². The molecule has 24 heavy (non-hydrogen) atoms. The average molecular weight is 330 g/mol. The van der Waals surface area contributed by atoms with Gasteiger partial charge in [0, 0.05) is 19.0 Å². The molecule has 4 bridgehead atoms. The molecule has 6 rings (SSSR count). The van der Waals surface area contributed by atoms with E-state index >= 15 is 0 Å². The normalized spacial score (nSPS) is 38.1. The summed E-state index contributed by atoms with van der Waals surface area (Å²) in [6.45, 7) is 4.19. The van der Waals surface area contributed by atoms with Crippen LogP contribution in [-0.2, 0) is 12.5 Å². The first kappa shape index (κ1) is 15.2. The summed E-state index contributed by atoms with van der Waals surface area (Å²) < 4.78 is 8.18. The Hall–Kier alpha value is -1.10. The highest BCUT2D eigenvalue weighted by molar-refractivity contribution is 5.24. The van der Waals surface area contributed by atoms with Crippen LogP contribution in [-0.4, -0.2) is 45.9 Å². The van der Waals surface area contributed by atoms with Gasteiger partial charge in [-0.05, 0) is 75.8 Å². The van der Waals surface area contributed by atoms with Gasteiger partial charge in [-0.3, -0.25) is 9.47 Å². The van der Waals surface area contributed by atoms with E-state index in [0.717, 1.165) is 36.9 Å². The lowest BCUT2D eigenvalue weighted by Crippen LogP contribution is -2.33. The molecule has 5 heteroatoms. The van der Waals surface area contributed by atoms with Gasteiger partial charge >= 0.3 is 6.01 Å². The number of rotatable bonds is 5. The molecular formula is C19H30N4O. The Morgan fingerprint density at radius 3 is 2.54 bits per heavy atom. The smallest absolute Gasteiger partial charge is 0.316 e. The van der Waals surface area contributed by atoms with Crippen molar-refractivity contribution < 1.29 is 4.74 Å². The van der Waals surface area contributed by atoms with Crippen molar-refractivity contribution in [3.05, 3.63) is 5.82 Å². The van der Waals surface area contributed by atoms with Gasteiger partial charge in [0.2, 0.25) is 0 Å². The fraction of sp³-hybridized carbons (Fsp3) is 0.895. The Balaban J connectivity index is 1.27. The van der Waals surface area contributed by atoms with Crippen LogP contribution in [0, 0.1) is 17.8 Å². The third-order valence-corrected chi connectivity index (χ3v) is 7.36. The molecule has 2 atom stereocenters. The zero-order valence-electron chi connectivity index (χ0n) is 14.9. The van der Waals surface area contributed by atoms with Crippen molar-refractivity contribution in [1.29, 1.82) is 0 Å². The highest BCUT2D eigenvalue weighted by Gasteiger charge is 2.60. The molecule has 4 aliphatic carbocycles. The molecule has 2 unspecified atom stereocenters. The maximum absolute atomic E-state index is 6.01. The Bertz CT molecular complexity index is 593. The molecule has 1 aromatic heterocycles. The van der Waals surface area contributed by atoms with Crippen LogP contribution < -0.4 is 4.74 Å². The van der Waals surface area contributed by atoms with Gasteiger partial charge in [0.15, 0.2) is 0 Å². The van der Waals surface area contributed by atoms with Crippen LogP contribution in [0.5, 0.6) is 6.01 Å². The molecule has 0 aromatic carbocycles. The van der Waals surface area contributed by atoms with Gasteiger partial charge in [0.05, 0.1) is 0 Å². The second kappa shape index (κ2) is 5.72. The highest BCUT2D eigenvalue weighted by Crippen LogP contribution is 2.65. The van der Waals surface area contributed by atoms with E-state index in [4.69, 9.17) is 4.74 Å². The van der Waals surface area contributed by atoms with E-state index in [1.807, 2.05) is 0 Å². The van der Waals surface area contributed by atoms with Crippen molar-refractivity contribution in [2.24, 2.45) is 24.8 Å². The standard InChI is InChI=1S/C19H30N4O/c1-22-17(19-12-14-9-15(13-19)11-16(19)10-14)20-21-18(22)24-8-7-23-5-3-2-4-6-23/h14-16H,2-13H2,1H3. The number of likely N-dealkylation sites (tertiary alicyclic amines) is 1. The van der Waals surface area contributed by atoms with Crippen molar-refractivity contribution in [2.75, 3.05) is 26.2 Å². The Morgan fingerprint density at radius 1 is 1.04 bits per heavy atom. The fourth-order valence-electron chi connectivity index (χ4n) is 6.48. The summed E-state index contributed by atoms with van der Waals surface area (Å²) in [4.78, 5) is 2.51. The topological polar surface area (TPSA) is 43.2 Å². The first-order valence-electron chi connectivity index (χ1n) is 9.99. The van der Waals surface area contributed by atoms with Crippen LogP contribution >= 0.6 is 0 Å². The van der Waals surface area contributed by atoms with E-state index in [1.54, 1.807) is 0 Å². The zero-order valence-corrected chi connectivity index (χ0v) is 14.9. The summed E-state index contributed by atoms with van der Waals surface area (Å²) in [5.74, 6) is 3.96. The van der Waals surface area contributed by atoms with E-state index in [-0.39, 0.29) is 0 Å². The van der Waals surface area contributed by atoms with Crippen LogP contribution in [0.2, 0.25) is 0 Å². The summed E-state index contributed by atoms with van der Waals surface area (Å²) in [6, 6.07) is 0.725. The Kier molecular flexibility index (Phi) is 3.62. The van der Waals surface area contributed by atoms with Crippen molar-refractivity contribution in [2.45, 2.75) is 56.8 Å². The van der Waals surface area contributed by atoms with E-state index in [2.05, 4.69) is 26.7 Å². The molecule has 5 fully saturated rings. The first-order valence-corrected chi connectivity index (χ1v) is 9.99. The van der Waals surface area contributed by atoms with Gasteiger partial charge < -0.3 is 4.74 Å². The predicted octanol–water partition coefficient (Wildman–Crippen LogP) is 2.76. The molecule has 5 aliphatic rings. The number of ether oxygens (including phenoxy) is 1. The molecule has 0 amide bonds. The minimum atomic E-state index is 0.323. The maximum Gasteiger partial charge on any atom is 0.316 e. The van der Waals surface area contributed by atoms with Crippen molar-refractivity contribution >= 4 is 0 Å². The second-order valence-electron chi connectivity index (χ2n) is 8.82. The Labute approximate surface area is 144 Å². The molecule has 4 saturated carbocycles. The minimum Gasteiger partial charge on any atom is -0.462 e. The summed E-state index contributed by atoms with van der Waals surface area (Å²) in [6.07, 6.45) is 11.1. The minimum absolute atomic E-state index is 0.323. The van der Waals surface area contributed by atoms with Gasteiger partial charge in [-0.1, -0.05) is 11.5 Å². The summed E-state index contributed by atoms with van der Waals surface area (Å²) in [5, 5.41) is 9.04. The van der Waals surface area contributed by atoms with E-state index < -0.39 is 0 Å². The number of aromatic nitrogens is 3. The van der Waals surface area contributed by atoms with Crippen LogP contribution in [0.3, 0.4) is 0 Å². The van der Waals surface area contributed by atoms with Crippen LogP contribution in [0.1, 0.15) is 57.2 Å². The van der Waals surface area contributed by atoms with Crippen LogP contribution in [0.15, 0.2) is 0 Å². The van der Waals surface area contributed by atoms with Gasteiger partial charge in [0.25, 0.3) is 0 Å². The maximum atomic E-state index is 6.01. The SMILES string of the molecule is Cn1c(OCCN2CCCCC2)nnc1C12CC3CC(CC1C3)C2. The lowest BCUT2D eigenvalue weighted by Gasteiger charge is -2.31. The number of piperidine rings is 1. The quantitative estimate of drug-likeness (QED) is 0.833. The summed E-state index contributed by atoms with van der Waals surface area (Å²) >= 11 is 0.